The van der Waals surface area contributed by atoms with Crippen LogP contribution >= 0.6 is 0 Å². The molecule has 1 aliphatic rings. The number of hydrogen-bond donors (Lipinski definition) is 1. The molecule has 4 rings (SSSR count). The Morgan fingerprint density at radius 1 is 1.07 bits per heavy atom. The Kier molecular flexibility index (Phi) is 4.65. The number of carbonyl (C=O) groups excluding carboxylic acids is 1. The molecule has 1 aliphatic heterocycles. The lowest BCUT2D eigenvalue weighted by Gasteiger charge is -2.27. The number of pyridine rings is 1. The smallest absolute Gasteiger partial charge is 0.290 e. The maximum absolute atomic E-state index is 14.7. The van der Waals surface area contributed by atoms with Gasteiger partial charge in [0.1, 0.15) is 5.82 Å². The zero-order valence-corrected chi connectivity index (χ0v) is 15.3. The van der Waals surface area contributed by atoms with Crippen molar-refractivity contribution in [3.05, 3.63) is 107 Å². The summed E-state index contributed by atoms with van der Waals surface area (Å²) in [6, 6.07) is 16.7. The Labute approximate surface area is 162 Å². The van der Waals surface area contributed by atoms with Crippen LogP contribution in [-0.2, 0) is 11.3 Å². The molecule has 1 amide bonds. The van der Waals surface area contributed by atoms with Crippen LogP contribution in [0.4, 0.5) is 4.39 Å². The molecule has 1 N–H and O–H groups in total. The van der Waals surface area contributed by atoms with Crippen molar-refractivity contribution in [2.75, 3.05) is 0 Å². The second-order valence-electron chi connectivity index (χ2n) is 6.85. The summed E-state index contributed by atoms with van der Waals surface area (Å²) in [5, 5.41) is 10.7. The van der Waals surface area contributed by atoms with Gasteiger partial charge in [0.05, 0.1) is 6.04 Å². The summed E-state index contributed by atoms with van der Waals surface area (Å²) in [7, 11) is 0. The molecule has 0 aliphatic carbocycles. The minimum absolute atomic E-state index is 0.213. The number of aliphatic hydroxyl groups is 1. The number of hydrogen-bond acceptors (Lipinski definition) is 3. The first-order valence-corrected chi connectivity index (χ1v) is 9.00. The molecule has 1 atom stereocenters. The lowest BCUT2D eigenvalue weighted by atomic mass is 9.92. The molecule has 2 heterocycles. The second kappa shape index (κ2) is 7.27. The fourth-order valence-corrected chi connectivity index (χ4v) is 3.55. The van der Waals surface area contributed by atoms with Crippen LogP contribution in [0.5, 0.6) is 0 Å². The van der Waals surface area contributed by atoms with Crippen molar-refractivity contribution in [3.63, 3.8) is 0 Å². The summed E-state index contributed by atoms with van der Waals surface area (Å²) in [5.41, 5.74) is 3.31. The Morgan fingerprint density at radius 2 is 1.82 bits per heavy atom. The number of aliphatic hydroxyl groups excluding tert-OH is 1. The molecule has 0 saturated carbocycles. The highest BCUT2D eigenvalue weighted by atomic mass is 19.1. The molecule has 5 heteroatoms. The standard InChI is InChI=1S/C23H19FN2O2/c1-15-8-10-17(11-9-15)20-21(18-6-2-3-7-19(18)24)26(23(28)22(20)27)14-16-5-4-12-25-13-16/h2-13,21,27H,14H2,1H3/t21-/m0/s1. The van der Waals surface area contributed by atoms with Crippen LogP contribution in [0, 0.1) is 12.7 Å². The fraction of sp³-hybridized carbons (Fsp3) is 0.130. The first-order chi connectivity index (χ1) is 13.6. The van der Waals surface area contributed by atoms with E-state index in [0.29, 0.717) is 16.7 Å². The third kappa shape index (κ3) is 3.16. The van der Waals surface area contributed by atoms with Crippen molar-refractivity contribution in [1.29, 1.82) is 0 Å². The molecule has 0 fully saturated rings. The predicted octanol–water partition coefficient (Wildman–Crippen LogP) is 4.58. The van der Waals surface area contributed by atoms with Crippen LogP contribution in [0.2, 0.25) is 0 Å². The normalized spacial score (nSPS) is 16.7. The monoisotopic (exact) mass is 374 g/mol. The van der Waals surface area contributed by atoms with Gasteiger partial charge in [0.15, 0.2) is 5.76 Å². The zero-order valence-electron chi connectivity index (χ0n) is 15.3. The van der Waals surface area contributed by atoms with Crippen molar-refractivity contribution >= 4 is 11.5 Å². The van der Waals surface area contributed by atoms with Crippen LogP contribution in [0.15, 0.2) is 78.8 Å². The summed E-state index contributed by atoms with van der Waals surface area (Å²) in [6.07, 6.45) is 3.31. The largest absolute Gasteiger partial charge is 0.503 e. The highest BCUT2D eigenvalue weighted by Gasteiger charge is 2.42. The molecule has 4 nitrogen and oxygen atoms in total. The summed E-state index contributed by atoms with van der Waals surface area (Å²) < 4.78 is 14.7. The SMILES string of the molecule is Cc1ccc(C2=C(O)C(=O)N(Cc3cccnc3)[C@H]2c2ccccc2F)cc1. The van der Waals surface area contributed by atoms with E-state index < -0.39 is 17.8 Å². The Bertz CT molecular complexity index is 1050. The maximum Gasteiger partial charge on any atom is 0.290 e. The molecular weight excluding hydrogens is 355 g/mol. The van der Waals surface area contributed by atoms with Gasteiger partial charge in [-0.05, 0) is 30.2 Å². The molecule has 3 aromatic rings. The lowest BCUT2D eigenvalue weighted by molar-refractivity contribution is -0.130. The van der Waals surface area contributed by atoms with Crippen molar-refractivity contribution in [2.24, 2.45) is 0 Å². The molecule has 0 spiro atoms. The zero-order chi connectivity index (χ0) is 19.7. The van der Waals surface area contributed by atoms with E-state index in [-0.39, 0.29) is 12.3 Å². The molecule has 140 valence electrons. The second-order valence-corrected chi connectivity index (χ2v) is 6.85. The average Bonchev–Trinajstić information content (AvgIpc) is 2.95. The minimum Gasteiger partial charge on any atom is -0.503 e. The van der Waals surface area contributed by atoms with Crippen LogP contribution in [0.3, 0.4) is 0 Å². The predicted molar refractivity (Wildman–Crippen MR) is 105 cm³/mol. The maximum atomic E-state index is 14.7. The topological polar surface area (TPSA) is 53.4 Å². The van der Waals surface area contributed by atoms with Gasteiger partial charge in [-0.15, -0.1) is 0 Å². The van der Waals surface area contributed by atoms with Gasteiger partial charge in [-0.2, -0.15) is 0 Å². The highest BCUT2D eigenvalue weighted by Crippen LogP contribution is 2.44. The van der Waals surface area contributed by atoms with Gasteiger partial charge < -0.3 is 10.0 Å². The van der Waals surface area contributed by atoms with E-state index >= 15 is 0 Å². The number of aromatic nitrogens is 1. The quantitative estimate of drug-likeness (QED) is 0.727. The number of benzene rings is 2. The van der Waals surface area contributed by atoms with Gasteiger partial charge in [-0.3, -0.25) is 9.78 Å². The van der Waals surface area contributed by atoms with Crippen LogP contribution < -0.4 is 0 Å². The minimum atomic E-state index is -0.725. The van der Waals surface area contributed by atoms with Gasteiger partial charge in [0.25, 0.3) is 5.91 Å². The third-order valence-corrected chi connectivity index (χ3v) is 4.94. The van der Waals surface area contributed by atoms with Crippen molar-refractivity contribution in [3.8, 4) is 0 Å². The van der Waals surface area contributed by atoms with Crippen molar-refractivity contribution < 1.29 is 14.3 Å². The Hall–Kier alpha value is -3.47. The molecule has 0 unspecified atom stereocenters. The van der Waals surface area contributed by atoms with Gasteiger partial charge in [0.2, 0.25) is 0 Å². The van der Waals surface area contributed by atoms with E-state index in [2.05, 4.69) is 4.98 Å². The van der Waals surface area contributed by atoms with Crippen LogP contribution in [-0.4, -0.2) is 20.9 Å². The van der Waals surface area contributed by atoms with Gasteiger partial charge in [0, 0.05) is 30.1 Å². The Morgan fingerprint density at radius 3 is 2.50 bits per heavy atom. The van der Waals surface area contributed by atoms with Crippen molar-refractivity contribution in [2.45, 2.75) is 19.5 Å². The van der Waals surface area contributed by atoms with E-state index in [1.807, 2.05) is 37.3 Å². The first kappa shape index (κ1) is 17.9. The average molecular weight is 374 g/mol. The molecular formula is C23H19FN2O2. The number of nitrogens with zero attached hydrogens (tertiary/aromatic N) is 2. The van der Waals surface area contributed by atoms with E-state index in [9.17, 15) is 14.3 Å². The van der Waals surface area contributed by atoms with Crippen LogP contribution in [0.25, 0.3) is 5.57 Å². The number of rotatable bonds is 4. The van der Waals surface area contributed by atoms with E-state index in [0.717, 1.165) is 11.1 Å². The van der Waals surface area contributed by atoms with E-state index in [4.69, 9.17) is 0 Å². The third-order valence-electron chi connectivity index (χ3n) is 4.94. The number of aryl methyl sites for hydroxylation is 1. The Balaban J connectivity index is 1.84. The van der Waals surface area contributed by atoms with Gasteiger partial charge in [-0.25, -0.2) is 4.39 Å². The van der Waals surface area contributed by atoms with Gasteiger partial charge >= 0.3 is 0 Å². The van der Waals surface area contributed by atoms with E-state index in [1.165, 1.54) is 11.0 Å². The number of halogens is 1. The lowest BCUT2D eigenvalue weighted by Crippen LogP contribution is -2.30. The molecule has 28 heavy (non-hydrogen) atoms. The first-order valence-electron chi connectivity index (χ1n) is 9.00. The summed E-state index contributed by atoms with van der Waals surface area (Å²) >= 11 is 0. The fourth-order valence-electron chi connectivity index (χ4n) is 3.55. The molecule has 1 aromatic heterocycles. The molecule has 0 radical (unpaired) electrons. The summed E-state index contributed by atoms with van der Waals surface area (Å²) in [5.74, 6) is -1.29. The molecule has 0 bridgehead atoms. The van der Waals surface area contributed by atoms with E-state index in [1.54, 1.807) is 36.7 Å². The highest BCUT2D eigenvalue weighted by molar-refractivity contribution is 6.05. The summed E-state index contributed by atoms with van der Waals surface area (Å²) in [4.78, 5) is 18.5. The number of amides is 1. The van der Waals surface area contributed by atoms with Gasteiger partial charge in [-0.1, -0.05) is 54.1 Å². The summed E-state index contributed by atoms with van der Waals surface area (Å²) in [6.45, 7) is 2.17. The number of carbonyl (C=O) groups is 1. The van der Waals surface area contributed by atoms with Crippen LogP contribution in [0.1, 0.15) is 28.3 Å². The van der Waals surface area contributed by atoms with Crippen molar-refractivity contribution in [1.82, 2.24) is 9.88 Å². The molecule has 2 aromatic carbocycles. The molecule has 0 saturated heterocycles.